The van der Waals surface area contributed by atoms with Crippen LogP contribution in [0.5, 0.6) is 0 Å². The first kappa shape index (κ1) is 33.0. The van der Waals surface area contributed by atoms with Crippen LogP contribution in [0.15, 0.2) is 36.5 Å². The predicted molar refractivity (Wildman–Crippen MR) is 174 cm³/mol. The minimum absolute atomic E-state index is 0.00217. The zero-order chi connectivity index (χ0) is 33.6. The van der Waals surface area contributed by atoms with E-state index in [2.05, 4.69) is 10.4 Å². The van der Waals surface area contributed by atoms with Crippen LogP contribution in [-0.2, 0) is 16.0 Å². The number of ether oxygens (including phenoxy) is 2. The number of hydrogen-bond acceptors (Lipinski definition) is 9. The van der Waals surface area contributed by atoms with Crippen molar-refractivity contribution in [2.75, 3.05) is 16.8 Å². The molecule has 13 heteroatoms. The summed E-state index contributed by atoms with van der Waals surface area (Å²) in [4.78, 5) is 46.3. The fourth-order valence-electron chi connectivity index (χ4n) is 5.61. The number of carbonyl (C=O) groups is 2. The van der Waals surface area contributed by atoms with Crippen molar-refractivity contribution in [3.8, 4) is 0 Å². The van der Waals surface area contributed by atoms with E-state index >= 15 is 0 Å². The van der Waals surface area contributed by atoms with Gasteiger partial charge in [0, 0.05) is 41.9 Å². The third kappa shape index (κ3) is 7.68. The van der Waals surface area contributed by atoms with Crippen molar-refractivity contribution in [3.63, 3.8) is 0 Å². The zero-order valence-electron chi connectivity index (χ0n) is 28.0. The molecule has 1 N–H and O–H groups in total. The minimum atomic E-state index is -0.797. The van der Waals surface area contributed by atoms with E-state index in [-0.39, 0.29) is 29.9 Å². The summed E-state index contributed by atoms with van der Waals surface area (Å²) >= 11 is 0. The van der Waals surface area contributed by atoms with Gasteiger partial charge in [0.25, 0.3) is 5.69 Å². The molecule has 3 aromatic rings. The van der Waals surface area contributed by atoms with Crippen LogP contribution in [-0.4, -0.2) is 65.9 Å². The third-order valence-electron chi connectivity index (χ3n) is 8.05. The number of piperidine rings is 1. The van der Waals surface area contributed by atoms with Crippen LogP contribution < -0.4 is 10.2 Å². The number of nitrogens with zero attached hydrogens (tertiary/aromatic N) is 6. The number of benzene rings is 1. The quantitative estimate of drug-likeness (QED) is 0.213. The Morgan fingerprint density at radius 3 is 2.41 bits per heavy atom. The van der Waals surface area contributed by atoms with Gasteiger partial charge >= 0.3 is 12.2 Å². The normalized spacial score (nSPS) is 18.3. The molecule has 2 fully saturated rings. The second-order valence-corrected chi connectivity index (χ2v) is 14.9. The fraction of sp³-hybridized carbons (Fsp3) is 0.576. The summed E-state index contributed by atoms with van der Waals surface area (Å²) in [5.41, 5.74) is 0.277. The van der Waals surface area contributed by atoms with Crippen LogP contribution in [0.1, 0.15) is 98.1 Å². The first-order valence-electron chi connectivity index (χ1n) is 15.8. The van der Waals surface area contributed by atoms with Crippen molar-refractivity contribution in [1.29, 1.82) is 0 Å². The van der Waals surface area contributed by atoms with Gasteiger partial charge in [0.15, 0.2) is 5.65 Å². The van der Waals surface area contributed by atoms with E-state index in [1.807, 2.05) is 34.6 Å². The summed E-state index contributed by atoms with van der Waals surface area (Å²) in [5.74, 6) is 1.25. The summed E-state index contributed by atoms with van der Waals surface area (Å²) in [6, 6.07) is 7.79. The number of non-ortho nitro benzene ring substituents is 1. The number of hydrogen-bond donors (Lipinski definition) is 1. The summed E-state index contributed by atoms with van der Waals surface area (Å²) in [6.07, 6.45) is 4.39. The lowest BCUT2D eigenvalue weighted by Crippen LogP contribution is -2.57. The molecule has 0 spiro atoms. The van der Waals surface area contributed by atoms with E-state index in [1.54, 1.807) is 54.6 Å². The number of amides is 2. The summed E-state index contributed by atoms with van der Waals surface area (Å²) in [7, 11) is 0. The summed E-state index contributed by atoms with van der Waals surface area (Å²) < 4.78 is 13.2. The molecule has 0 radical (unpaired) electrons. The predicted octanol–water partition coefficient (Wildman–Crippen LogP) is 7.05. The number of nitro benzene ring substituents is 1. The lowest BCUT2D eigenvalue weighted by molar-refractivity contribution is -0.384. The van der Waals surface area contributed by atoms with Crippen LogP contribution in [0.2, 0.25) is 0 Å². The zero-order valence-corrected chi connectivity index (χ0v) is 28.0. The summed E-state index contributed by atoms with van der Waals surface area (Å²) in [5, 5.41) is 19.7. The molecule has 2 aliphatic rings. The molecule has 5 rings (SSSR count). The van der Waals surface area contributed by atoms with Crippen molar-refractivity contribution in [2.45, 2.75) is 116 Å². The largest absolute Gasteiger partial charge is 0.444 e. The van der Waals surface area contributed by atoms with E-state index in [9.17, 15) is 19.7 Å². The van der Waals surface area contributed by atoms with Gasteiger partial charge in [-0.15, -0.1) is 0 Å². The van der Waals surface area contributed by atoms with Gasteiger partial charge in [-0.1, -0.05) is 12.1 Å². The van der Waals surface area contributed by atoms with Gasteiger partial charge in [-0.05, 0) is 92.6 Å². The average molecular weight is 636 g/mol. The lowest BCUT2D eigenvalue weighted by atomic mass is 9.88. The first-order valence-corrected chi connectivity index (χ1v) is 15.8. The highest BCUT2D eigenvalue weighted by Crippen LogP contribution is 2.42. The van der Waals surface area contributed by atoms with Crippen molar-refractivity contribution in [3.05, 3.63) is 57.8 Å². The highest BCUT2D eigenvalue weighted by Gasteiger charge is 2.40. The maximum Gasteiger partial charge on any atom is 0.416 e. The molecule has 2 aromatic heterocycles. The Morgan fingerprint density at radius 1 is 1.09 bits per heavy atom. The maximum atomic E-state index is 13.8. The van der Waals surface area contributed by atoms with Gasteiger partial charge in [0.2, 0.25) is 0 Å². The molecule has 1 saturated carbocycles. The Hall–Kier alpha value is -4.42. The molecule has 1 aliphatic carbocycles. The second kappa shape index (κ2) is 12.1. The Bertz CT molecular complexity index is 1630. The number of nitrogens with one attached hydrogen (secondary N) is 1. The van der Waals surface area contributed by atoms with Gasteiger partial charge in [0.05, 0.1) is 17.7 Å². The van der Waals surface area contributed by atoms with Crippen LogP contribution >= 0.6 is 0 Å². The van der Waals surface area contributed by atoms with E-state index in [4.69, 9.17) is 14.5 Å². The Morgan fingerprint density at radius 2 is 1.78 bits per heavy atom. The maximum absolute atomic E-state index is 13.8. The second-order valence-electron chi connectivity index (χ2n) is 14.9. The first-order chi connectivity index (χ1) is 21.4. The molecular formula is C33H45N7O6. The van der Waals surface area contributed by atoms with Gasteiger partial charge in [-0.3, -0.25) is 15.0 Å². The van der Waals surface area contributed by atoms with E-state index in [1.165, 1.54) is 17.0 Å². The highest BCUT2D eigenvalue weighted by atomic mass is 16.6. The van der Waals surface area contributed by atoms with Gasteiger partial charge in [-0.25, -0.2) is 14.6 Å². The van der Waals surface area contributed by atoms with Crippen LogP contribution in [0.25, 0.3) is 5.65 Å². The SMILES string of the molecule is CC(C)(C)OC(=O)N(Cc1cccc([N+](=O)[O-])c1)c1cc(NC2CCC(C)(C)N(C(=O)OC(C)(C)C)C2)nc2c(C3CC3)cnn12. The number of nitro groups is 1. The smallest absolute Gasteiger partial charge is 0.416 e. The molecule has 248 valence electrons. The fourth-order valence-corrected chi connectivity index (χ4v) is 5.61. The van der Waals surface area contributed by atoms with Crippen molar-refractivity contribution in [1.82, 2.24) is 19.5 Å². The Labute approximate surface area is 269 Å². The third-order valence-corrected chi connectivity index (χ3v) is 8.05. The van der Waals surface area contributed by atoms with Crippen LogP contribution in [0.4, 0.5) is 26.9 Å². The van der Waals surface area contributed by atoms with E-state index in [0.29, 0.717) is 35.3 Å². The Kier molecular flexibility index (Phi) is 8.65. The molecule has 3 heterocycles. The molecule has 1 atom stereocenters. The molecule has 13 nitrogen and oxygen atoms in total. The van der Waals surface area contributed by atoms with Crippen molar-refractivity contribution >= 4 is 35.2 Å². The lowest BCUT2D eigenvalue weighted by Gasteiger charge is -2.45. The molecule has 1 aliphatic heterocycles. The number of anilines is 2. The van der Waals surface area contributed by atoms with Crippen LogP contribution in [0.3, 0.4) is 0 Å². The molecule has 1 saturated heterocycles. The number of carbonyl (C=O) groups excluding carboxylic acids is 2. The van der Waals surface area contributed by atoms with E-state index in [0.717, 1.165) is 31.2 Å². The molecule has 2 amide bonds. The highest BCUT2D eigenvalue weighted by molar-refractivity contribution is 5.88. The average Bonchev–Trinajstić information content (AvgIpc) is 3.69. The molecule has 46 heavy (non-hydrogen) atoms. The topological polar surface area (TPSA) is 144 Å². The molecule has 1 aromatic carbocycles. The number of fused-ring (bicyclic) bond motifs is 1. The monoisotopic (exact) mass is 635 g/mol. The van der Waals surface area contributed by atoms with Gasteiger partial charge in [0.1, 0.15) is 22.8 Å². The summed E-state index contributed by atoms with van der Waals surface area (Å²) in [6.45, 7) is 15.4. The number of likely N-dealkylation sites (tertiary alicyclic amines) is 1. The minimum Gasteiger partial charge on any atom is -0.444 e. The number of aromatic nitrogens is 3. The van der Waals surface area contributed by atoms with Gasteiger partial charge in [-0.2, -0.15) is 9.61 Å². The van der Waals surface area contributed by atoms with Crippen molar-refractivity contribution < 1.29 is 24.0 Å². The Balaban J connectivity index is 1.54. The molecule has 0 bridgehead atoms. The van der Waals surface area contributed by atoms with E-state index < -0.39 is 22.2 Å². The molecule has 1 unspecified atom stereocenters. The standard InChI is InChI=1S/C33H45N7O6/c1-31(2,3)45-29(41)37(19-21-10-9-11-24(16-21)40(43)44)27-17-26(36-28-25(22-12-13-22)18-34-39(27)28)35-23-14-15-33(7,8)38(20-23)30(42)46-32(4,5)6/h9-11,16-18,22-23H,12-15,19-20H2,1-8H3,(H,35,36). The number of rotatable bonds is 7. The molecular weight excluding hydrogens is 590 g/mol. The van der Waals surface area contributed by atoms with Gasteiger partial charge < -0.3 is 19.7 Å². The van der Waals surface area contributed by atoms with Crippen molar-refractivity contribution in [2.24, 2.45) is 0 Å². The van der Waals surface area contributed by atoms with Crippen LogP contribution in [0, 0.1) is 10.1 Å².